The van der Waals surface area contributed by atoms with E-state index in [9.17, 15) is 13.2 Å². The van der Waals surface area contributed by atoms with E-state index in [1.165, 1.54) is 29.5 Å². The number of nitrogens with one attached hydrogen (secondary N) is 1. The molecule has 1 aliphatic heterocycles. The molecule has 0 saturated heterocycles. The Morgan fingerprint density at radius 2 is 1.91 bits per heavy atom. The number of amidine groups is 1. The Morgan fingerprint density at radius 1 is 1.09 bits per heavy atom. The Morgan fingerprint density at radius 3 is 2.67 bits per heavy atom. The number of ether oxygens (including phenoxy) is 1. The first-order valence-electron chi connectivity index (χ1n) is 10.4. The normalized spacial score (nSPS) is 16.2. The van der Waals surface area contributed by atoms with Crippen LogP contribution in [-0.2, 0) is 17.4 Å². The summed E-state index contributed by atoms with van der Waals surface area (Å²) in [6.45, 7) is 6.22. The Balaban J connectivity index is 1.63. The van der Waals surface area contributed by atoms with Gasteiger partial charge in [-0.15, -0.1) is 0 Å². The minimum atomic E-state index is -4.47. The molecule has 2 heterocycles. The molecule has 2 aromatic carbocycles. The van der Waals surface area contributed by atoms with Crippen LogP contribution in [0.1, 0.15) is 33.5 Å². The first-order chi connectivity index (χ1) is 15.7. The van der Waals surface area contributed by atoms with Crippen molar-refractivity contribution in [1.82, 2.24) is 15.7 Å². The van der Waals surface area contributed by atoms with E-state index in [0.29, 0.717) is 30.1 Å². The van der Waals surface area contributed by atoms with Crippen LogP contribution < -0.4 is 10.2 Å². The number of hydrogen-bond donors (Lipinski definition) is 1. The molecule has 9 heteroatoms. The van der Waals surface area contributed by atoms with Gasteiger partial charge in [-0.3, -0.25) is 9.83 Å². The van der Waals surface area contributed by atoms with Crippen molar-refractivity contribution < 1.29 is 22.7 Å². The van der Waals surface area contributed by atoms with E-state index >= 15 is 0 Å². The van der Waals surface area contributed by atoms with Crippen LogP contribution in [0.25, 0.3) is 0 Å². The maximum Gasteiger partial charge on any atom is 0.416 e. The van der Waals surface area contributed by atoms with Crippen molar-refractivity contribution in [2.45, 2.75) is 39.4 Å². The maximum atomic E-state index is 13.1. The van der Waals surface area contributed by atoms with Crippen molar-refractivity contribution in [1.29, 1.82) is 0 Å². The SMILES string of the molecule is Cc1ccc(CC2CONC(c3c(Oc4cccc(C(F)(F)F)c4)cnnc3C)=N2)cc1C. The summed E-state index contributed by atoms with van der Waals surface area (Å²) >= 11 is 0. The number of alkyl halides is 3. The van der Waals surface area contributed by atoms with E-state index in [-0.39, 0.29) is 17.5 Å². The third-order valence-corrected chi connectivity index (χ3v) is 5.42. The largest absolute Gasteiger partial charge is 0.455 e. The van der Waals surface area contributed by atoms with Gasteiger partial charge in [0, 0.05) is 0 Å². The molecule has 0 spiro atoms. The van der Waals surface area contributed by atoms with Crippen LogP contribution in [0.3, 0.4) is 0 Å². The van der Waals surface area contributed by atoms with Gasteiger partial charge in [0.15, 0.2) is 11.6 Å². The zero-order valence-corrected chi connectivity index (χ0v) is 18.4. The predicted octanol–water partition coefficient (Wildman–Crippen LogP) is 5.11. The summed E-state index contributed by atoms with van der Waals surface area (Å²) in [6, 6.07) is 10.8. The molecule has 0 radical (unpaired) electrons. The number of benzene rings is 2. The van der Waals surface area contributed by atoms with Crippen LogP contribution in [-0.4, -0.2) is 28.7 Å². The number of halogens is 3. The number of aliphatic imine (C=N–C) groups is 1. The Bertz CT molecular complexity index is 1190. The van der Waals surface area contributed by atoms with Gasteiger partial charge in [-0.1, -0.05) is 24.3 Å². The zero-order valence-electron chi connectivity index (χ0n) is 18.4. The quantitative estimate of drug-likeness (QED) is 0.578. The second-order valence-corrected chi connectivity index (χ2v) is 7.96. The Hall–Kier alpha value is -3.46. The van der Waals surface area contributed by atoms with Gasteiger partial charge in [-0.05, 0) is 62.1 Å². The van der Waals surface area contributed by atoms with Crippen molar-refractivity contribution in [3.8, 4) is 11.5 Å². The second kappa shape index (κ2) is 9.19. The monoisotopic (exact) mass is 456 g/mol. The molecule has 0 fully saturated rings. The number of rotatable bonds is 5. The van der Waals surface area contributed by atoms with Crippen molar-refractivity contribution in [3.63, 3.8) is 0 Å². The van der Waals surface area contributed by atoms with Crippen molar-refractivity contribution in [3.05, 3.63) is 82.2 Å². The molecule has 4 rings (SSSR count). The molecule has 0 saturated carbocycles. The fourth-order valence-corrected chi connectivity index (χ4v) is 3.56. The molecule has 1 N–H and O–H groups in total. The highest BCUT2D eigenvalue weighted by Crippen LogP contribution is 2.33. The minimum Gasteiger partial charge on any atom is -0.455 e. The smallest absolute Gasteiger partial charge is 0.416 e. The van der Waals surface area contributed by atoms with Gasteiger partial charge in [0.2, 0.25) is 0 Å². The molecular weight excluding hydrogens is 433 g/mol. The first-order valence-corrected chi connectivity index (χ1v) is 10.4. The van der Waals surface area contributed by atoms with Crippen LogP contribution in [0.5, 0.6) is 11.5 Å². The number of aryl methyl sites for hydroxylation is 3. The lowest BCUT2D eigenvalue weighted by Gasteiger charge is -2.24. The van der Waals surface area contributed by atoms with Crippen LogP contribution >= 0.6 is 0 Å². The van der Waals surface area contributed by atoms with E-state index < -0.39 is 11.7 Å². The molecule has 1 aromatic heterocycles. The van der Waals surface area contributed by atoms with Gasteiger partial charge in [0.1, 0.15) is 5.75 Å². The fraction of sp³-hybridized carbons (Fsp3) is 0.292. The maximum absolute atomic E-state index is 13.1. The zero-order chi connectivity index (χ0) is 23.6. The Kier molecular flexibility index (Phi) is 6.33. The van der Waals surface area contributed by atoms with E-state index in [1.807, 2.05) is 0 Å². The average molecular weight is 456 g/mol. The van der Waals surface area contributed by atoms with Gasteiger partial charge in [0.25, 0.3) is 0 Å². The van der Waals surface area contributed by atoms with Crippen LogP contribution in [0, 0.1) is 20.8 Å². The first kappa shape index (κ1) is 22.7. The molecule has 33 heavy (non-hydrogen) atoms. The molecule has 3 aromatic rings. The lowest BCUT2D eigenvalue weighted by Crippen LogP contribution is -2.37. The van der Waals surface area contributed by atoms with Crippen LogP contribution in [0.15, 0.2) is 53.7 Å². The van der Waals surface area contributed by atoms with E-state index in [4.69, 9.17) is 14.6 Å². The minimum absolute atomic E-state index is 0.0301. The highest BCUT2D eigenvalue weighted by atomic mass is 19.4. The molecule has 0 aliphatic carbocycles. The van der Waals surface area contributed by atoms with Crippen molar-refractivity contribution >= 4 is 5.84 Å². The predicted molar refractivity (Wildman–Crippen MR) is 117 cm³/mol. The summed E-state index contributed by atoms with van der Waals surface area (Å²) in [6.07, 6.45) is -2.45. The molecule has 1 aliphatic rings. The number of aromatic nitrogens is 2. The van der Waals surface area contributed by atoms with Gasteiger partial charge < -0.3 is 4.74 Å². The molecule has 0 amide bonds. The lowest BCUT2D eigenvalue weighted by atomic mass is 10.0. The summed E-state index contributed by atoms with van der Waals surface area (Å²) in [7, 11) is 0. The third kappa shape index (κ3) is 5.31. The number of nitrogens with zero attached hydrogens (tertiary/aromatic N) is 3. The molecule has 172 valence electrons. The topological polar surface area (TPSA) is 68.6 Å². The highest BCUT2D eigenvalue weighted by Gasteiger charge is 2.31. The van der Waals surface area contributed by atoms with E-state index in [2.05, 4.69) is 47.7 Å². The summed E-state index contributed by atoms with van der Waals surface area (Å²) in [4.78, 5) is 10.3. The summed E-state index contributed by atoms with van der Waals surface area (Å²) < 4.78 is 45.0. The average Bonchev–Trinajstić information content (AvgIpc) is 2.76. The molecular formula is C24H23F3N4O2. The standard InChI is InChI=1S/C24H23F3N4O2/c1-14-7-8-17(9-15(14)2)10-19-13-32-31-23(29-19)22-16(3)30-28-12-21(22)33-20-6-4-5-18(11-20)24(25,26)27/h4-9,11-12,19H,10,13H2,1-3H3,(H,29,31). The fourth-order valence-electron chi connectivity index (χ4n) is 3.56. The van der Waals surface area contributed by atoms with E-state index in [1.54, 1.807) is 6.92 Å². The lowest BCUT2D eigenvalue weighted by molar-refractivity contribution is -0.137. The van der Waals surface area contributed by atoms with Gasteiger partial charge >= 0.3 is 6.18 Å². The number of hydrogen-bond acceptors (Lipinski definition) is 6. The van der Waals surface area contributed by atoms with E-state index in [0.717, 1.165) is 17.7 Å². The summed E-state index contributed by atoms with van der Waals surface area (Å²) in [5.74, 6) is 0.649. The summed E-state index contributed by atoms with van der Waals surface area (Å²) in [5.41, 5.74) is 6.54. The molecule has 1 atom stereocenters. The van der Waals surface area contributed by atoms with Crippen molar-refractivity contribution in [2.24, 2.45) is 4.99 Å². The Labute approximate surface area is 189 Å². The third-order valence-electron chi connectivity index (χ3n) is 5.42. The molecule has 6 nitrogen and oxygen atoms in total. The summed E-state index contributed by atoms with van der Waals surface area (Å²) in [5, 5.41) is 7.95. The second-order valence-electron chi connectivity index (χ2n) is 7.96. The molecule has 0 bridgehead atoms. The van der Waals surface area contributed by atoms with Crippen LogP contribution in [0.2, 0.25) is 0 Å². The van der Waals surface area contributed by atoms with Gasteiger partial charge in [0.05, 0.1) is 35.7 Å². The van der Waals surface area contributed by atoms with Crippen LogP contribution in [0.4, 0.5) is 13.2 Å². The molecule has 1 unspecified atom stereocenters. The van der Waals surface area contributed by atoms with Gasteiger partial charge in [-0.2, -0.15) is 23.4 Å². The van der Waals surface area contributed by atoms with Crippen molar-refractivity contribution in [2.75, 3.05) is 6.61 Å². The highest BCUT2D eigenvalue weighted by molar-refractivity contribution is 6.01. The van der Waals surface area contributed by atoms with Gasteiger partial charge in [-0.25, -0.2) is 5.48 Å². The number of hydroxylamine groups is 1.